The van der Waals surface area contributed by atoms with Crippen LogP contribution in [0.25, 0.3) is 0 Å². The number of ether oxygens (including phenoxy) is 1. The molecule has 140 valence electrons. The number of hydrogen-bond donors (Lipinski definition) is 1. The Bertz CT molecular complexity index is 704. The molecule has 1 amide bonds. The average molecular weight is 357 g/mol. The molecule has 1 saturated heterocycles. The zero-order valence-corrected chi connectivity index (χ0v) is 15.8. The molecule has 0 aromatic carbocycles. The Kier molecular flexibility index (Phi) is 7.19. The Labute approximate surface area is 155 Å². The molecule has 1 heterocycles. The minimum Gasteiger partial charge on any atom is -0.484 e. The lowest BCUT2D eigenvalue weighted by molar-refractivity contribution is -0.115. The van der Waals surface area contributed by atoms with Gasteiger partial charge >= 0.3 is 0 Å². The van der Waals surface area contributed by atoms with Crippen molar-refractivity contribution >= 4 is 5.91 Å². The summed E-state index contributed by atoms with van der Waals surface area (Å²) in [6.07, 6.45) is 17.5. The van der Waals surface area contributed by atoms with Gasteiger partial charge in [-0.15, -0.1) is 0 Å². The van der Waals surface area contributed by atoms with Crippen molar-refractivity contribution in [1.82, 2.24) is 5.32 Å². The first-order valence-corrected chi connectivity index (χ1v) is 9.28. The number of hydrogen-bond acceptors (Lipinski definition) is 2. The first-order chi connectivity index (χ1) is 12.6. The number of carbonyl (C=O) groups excluding carboxylic acids is 1. The predicted molar refractivity (Wildman–Crippen MR) is 104 cm³/mol. The van der Waals surface area contributed by atoms with Crippen LogP contribution >= 0.6 is 0 Å². The van der Waals surface area contributed by atoms with Gasteiger partial charge in [0, 0.05) is 23.8 Å². The Morgan fingerprint density at radius 1 is 1.35 bits per heavy atom. The fraction of sp³-hybridized carbons (Fsp3) is 0.409. The third-order valence-corrected chi connectivity index (χ3v) is 4.86. The van der Waals surface area contributed by atoms with Crippen LogP contribution in [0.15, 0.2) is 71.5 Å². The van der Waals surface area contributed by atoms with E-state index < -0.39 is 5.60 Å². The topological polar surface area (TPSA) is 38.3 Å². The number of halogens is 1. The van der Waals surface area contributed by atoms with Crippen LogP contribution in [0.5, 0.6) is 0 Å². The van der Waals surface area contributed by atoms with Gasteiger partial charge in [0.05, 0.1) is 0 Å². The van der Waals surface area contributed by atoms with E-state index in [0.29, 0.717) is 18.3 Å². The van der Waals surface area contributed by atoms with E-state index in [0.717, 1.165) is 37.0 Å². The van der Waals surface area contributed by atoms with Crippen molar-refractivity contribution in [2.24, 2.45) is 0 Å². The normalized spacial score (nSPS) is 24.2. The van der Waals surface area contributed by atoms with E-state index >= 15 is 0 Å². The fourth-order valence-electron chi connectivity index (χ4n) is 3.20. The summed E-state index contributed by atoms with van der Waals surface area (Å²) >= 11 is 0. The third-order valence-electron chi connectivity index (χ3n) is 4.86. The summed E-state index contributed by atoms with van der Waals surface area (Å²) < 4.78 is 19.5. The summed E-state index contributed by atoms with van der Waals surface area (Å²) in [6.45, 7) is 5.94. The minimum absolute atomic E-state index is 0.189. The second-order valence-electron chi connectivity index (χ2n) is 6.55. The van der Waals surface area contributed by atoms with Gasteiger partial charge in [-0.25, -0.2) is 4.39 Å². The average Bonchev–Trinajstić information content (AvgIpc) is 2.67. The van der Waals surface area contributed by atoms with Crippen LogP contribution < -0.4 is 5.32 Å². The molecule has 0 saturated carbocycles. The van der Waals surface area contributed by atoms with Gasteiger partial charge in [0.2, 0.25) is 5.91 Å². The van der Waals surface area contributed by atoms with Gasteiger partial charge in [0.15, 0.2) is 5.76 Å². The van der Waals surface area contributed by atoms with Crippen molar-refractivity contribution in [2.45, 2.75) is 58.5 Å². The molecule has 0 atom stereocenters. The zero-order valence-electron chi connectivity index (χ0n) is 15.8. The van der Waals surface area contributed by atoms with E-state index in [9.17, 15) is 9.18 Å². The van der Waals surface area contributed by atoms with Crippen molar-refractivity contribution < 1.29 is 13.9 Å². The molecule has 1 aliphatic carbocycles. The van der Waals surface area contributed by atoms with Gasteiger partial charge in [-0.1, -0.05) is 44.2 Å². The quantitative estimate of drug-likeness (QED) is 0.655. The second kappa shape index (κ2) is 9.37. The molecule has 1 fully saturated rings. The Balaban J connectivity index is 2.36. The van der Waals surface area contributed by atoms with E-state index in [2.05, 4.69) is 5.32 Å². The van der Waals surface area contributed by atoms with Crippen LogP contribution in [0.3, 0.4) is 0 Å². The molecule has 2 aliphatic rings. The molecule has 0 spiro atoms. The van der Waals surface area contributed by atoms with Gasteiger partial charge in [-0.05, 0) is 44.3 Å². The number of nitrogens with one attached hydrogen (secondary N) is 1. The van der Waals surface area contributed by atoms with Gasteiger partial charge in [-0.2, -0.15) is 0 Å². The maximum Gasteiger partial charge on any atom is 0.248 e. The lowest BCUT2D eigenvalue weighted by atomic mass is 9.82. The molecule has 3 nitrogen and oxygen atoms in total. The fourth-order valence-corrected chi connectivity index (χ4v) is 3.20. The van der Waals surface area contributed by atoms with Gasteiger partial charge in [-0.3, -0.25) is 4.79 Å². The van der Waals surface area contributed by atoms with E-state index in [4.69, 9.17) is 4.74 Å². The monoisotopic (exact) mass is 357 g/mol. The van der Waals surface area contributed by atoms with Crippen LogP contribution in [0, 0.1) is 0 Å². The zero-order chi connectivity index (χ0) is 19.0. The molecule has 2 rings (SSSR count). The molecule has 1 N–H and O–H groups in total. The van der Waals surface area contributed by atoms with Crippen LogP contribution in [-0.2, 0) is 9.53 Å². The molecule has 4 heteroatoms. The first-order valence-electron chi connectivity index (χ1n) is 9.28. The maximum absolute atomic E-state index is 13.6. The van der Waals surface area contributed by atoms with Crippen molar-refractivity contribution in [3.8, 4) is 0 Å². The van der Waals surface area contributed by atoms with Crippen LogP contribution in [-0.4, -0.2) is 11.5 Å². The molecular weight excluding hydrogens is 329 g/mol. The highest BCUT2D eigenvalue weighted by Gasteiger charge is 2.37. The van der Waals surface area contributed by atoms with Gasteiger partial charge < -0.3 is 10.1 Å². The summed E-state index contributed by atoms with van der Waals surface area (Å²) in [5.74, 6) is -0.0146. The molecule has 26 heavy (non-hydrogen) atoms. The molecule has 1 aliphatic heterocycles. The summed E-state index contributed by atoms with van der Waals surface area (Å²) in [4.78, 5) is 12.5. The summed E-state index contributed by atoms with van der Waals surface area (Å²) in [5, 5.41) is 2.90. The largest absolute Gasteiger partial charge is 0.484 e. The number of amides is 1. The van der Waals surface area contributed by atoms with Crippen molar-refractivity contribution in [3.05, 3.63) is 71.5 Å². The molecule has 0 radical (unpaired) electrons. The van der Waals surface area contributed by atoms with Crippen LogP contribution in [0.4, 0.5) is 4.39 Å². The van der Waals surface area contributed by atoms with E-state index in [-0.39, 0.29) is 11.7 Å². The highest BCUT2D eigenvalue weighted by Crippen LogP contribution is 2.42. The number of carbonyl (C=O) groups is 1. The van der Waals surface area contributed by atoms with Crippen LogP contribution in [0.2, 0.25) is 0 Å². The Hall–Kier alpha value is -2.36. The van der Waals surface area contributed by atoms with Gasteiger partial charge in [0.1, 0.15) is 11.9 Å². The van der Waals surface area contributed by atoms with Crippen molar-refractivity contribution in [3.63, 3.8) is 0 Å². The van der Waals surface area contributed by atoms with Crippen molar-refractivity contribution in [1.29, 1.82) is 0 Å². The van der Waals surface area contributed by atoms with E-state index in [1.54, 1.807) is 12.2 Å². The summed E-state index contributed by atoms with van der Waals surface area (Å²) in [7, 11) is 0. The first kappa shape index (κ1) is 20.0. The Morgan fingerprint density at radius 3 is 2.69 bits per heavy atom. The number of allylic oxidation sites excluding steroid dienone is 7. The Morgan fingerprint density at radius 2 is 2.12 bits per heavy atom. The minimum atomic E-state index is -0.485. The molecule has 0 aromatic heterocycles. The summed E-state index contributed by atoms with van der Waals surface area (Å²) in [5.41, 5.74) is 1.73. The third kappa shape index (κ3) is 4.84. The second-order valence-corrected chi connectivity index (χ2v) is 6.55. The van der Waals surface area contributed by atoms with E-state index in [1.165, 1.54) is 0 Å². The lowest BCUT2D eigenvalue weighted by Gasteiger charge is -2.40. The molecular formula is C22H28FNO2. The van der Waals surface area contributed by atoms with E-state index in [1.807, 2.05) is 51.2 Å². The van der Waals surface area contributed by atoms with Gasteiger partial charge in [0.25, 0.3) is 0 Å². The lowest BCUT2D eigenvalue weighted by Crippen LogP contribution is -2.36. The number of rotatable bonds is 5. The highest BCUT2D eigenvalue weighted by molar-refractivity contribution is 5.91. The predicted octanol–water partition coefficient (Wildman–Crippen LogP) is 5.56. The highest BCUT2D eigenvalue weighted by atomic mass is 19.1. The standard InChI is InChI=1S/C22H28FNO2/c1-4-7-13-19-17(14-21(25)24-18-11-9-8-10-12-18)15-22(5-2,6-3)26-20(19)16-23/h4,7,9,11-14,16H,5-6,8,10,15H2,1-3H3,(H,24,25)/b7-4+,17-14+,19-13-,20-16+. The van der Waals surface area contributed by atoms with Crippen molar-refractivity contribution in [2.75, 3.05) is 0 Å². The summed E-state index contributed by atoms with van der Waals surface area (Å²) in [6, 6.07) is 0. The molecule has 0 bridgehead atoms. The molecule has 0 aromatic rings. The van der Waals surface area contributed by atoms with Crippen LogP contribution in [0.1, 0.15) is 52.9 Å². The maximum atomic E-state index is 13.6. The smallest absolute Gasteiger partial charge is 0.248 e. The molecule has 0 unspecified atom stereocenters. The SMILES string of the molecule is C/C=C/C=C1C(=C/C(=O)NC2=CCCC=C2)/CC(CC)(CC)OC/1=C/F.